The molecule has 1 N–H and O–H groups in total. The van der Waals surface area contributed by atoms with E-state index in [-0.39, 0.29) is 11.3 Å². The van der Waals surface area contributed by atoms with Crippen molar-refractivity contribution in [1.82, 2.24) is 0 Å². The molecule has 0 aromatic heterocycles. The van der Waals surface area contributed by atoms with Gasteiger partial charge in [0.2, 0.25) is 0 Å². The Balaban J connectivity index is 2.31. The zero-order valence-corrected chi connectivity index (χ0v) is 12.3. The number of benzene rings is 1. The molecule has 0 aliphatic carbocycles. The Morgan fingerprint density at radius 1 is 1.52 bits per heavy atom. The predicted octanol–water partition coefficient (Wildman–Crippen LogP) is 3.31. The third-order valence-electron chi connectivity index (χ3n) is 4.30. The van der Waals surface area contributed by atoms with Gasteiger partial charge in [-0.3, -0.25) is 10.1 Å². The molecule has 0 amide bonds. The van der Waals surface area contributed by atoms with Crippen LogP contribution in [-0.2, 0) is 0 Å². The highest BCUT2D eigenvalue weighted by Gasteiger charge is 2.27. The molecule has 1 aliphatic heterocycles. The second-order valence-electron chi connectivity index (χ2n) is 5.60. The SMILES string of the molecule is CCC1CCN(c2ccc([N+](=O)[O-])c(C(=O)O)c2)[C@@H](C)C1. The van der Waals surface area contributed by atoms with Crippen molar-refractivity contribution < 1.29 is 14.8 Å². The lowest BCUT2D eigenvalue weighted by Gasteiger charge is -2.39. The maximum atomic E-state index is 11.2. The molecular weight excluding hydrogens is 272 g/mol. The topological polar surface area (TPSA) is 83.7 Å². The standard InChI is InChI=1S/C15H20N2O4/c1-3-11-6-7-16(10(2)8-11)12-4-5-14(17(20)21)13(9-12)15(18)19/h4-5,9-11H,3,6-8H2,1-2H3,(H,18,19)/t10-,11?/m0/s1. The maximum Gasteiger partial charge on any atom is 0.342 e. The summed E-state index contributed by atoms with van der Waals surface area (Å²) in [7, 11) is 0. The minimum absolute atomic E-state index is 0.248. The van der Waals surface area contributed by atoms with Gasteiger partial charge in [-0.25, -0.2) is 4.79 Å². The van der Waals surface area contributed by atoms with Crippen molar-refractivity contribution in [3.05, 3.63) is 33.9 Å². The lowest BCUT2D eigenvalue weighted by molar-refractivity contribution is -0.385. The molecule has 6 nitrogen and oxygen atoms in total. The number of nitrogens with zero attached hydrogens (tertiary/aromatic N) is 2. The molecule has 1 aromatic rings. The fraction of sp³-hybridized carbons (Fsp3) is 0.533. The smallest absolute Gasteiger partial charge is 0.342 e. The lowest BCUT2D eigenvalue weighted by Crippen LogP contribution is -2.40. The highest BCUT2D eigenvalue weighted by Crippen LogP contribution is 2.32. The van der Waals surface area contributed by atoms with Crippen LogP contribution in [0.15, 0.2) is 18.2 Å². The number of hydrogen-bond donors (Lipinski definition) is 1. The van der Waals surface area contributed by atoms with Crippen LogP contribution in [0.2, 0.25) is 0 Å². The zero-order chi connectivity index (χ0) is 15.6. The zero-order valence-electron chi connectivity index (χ0n) is 12.3. The van der Waals surface area contributed by atoms with Crippen LogP contribution in [-0.4, -0.2) is 28.6 Å². The number of rotatable bonds is 4. The van der Waals surface area contributed by atoms with E-state index in [1.54, 1.807) is 6.07 Å². The van der Waals surface area contributed by atoms with Gasteiger partial charge in [0.15, 0.2) is 0 Å². The number of carboxylic acid groups (broad SMARTS) is 1. The summed E-state index contributed by atoms with van der Waals surface area (Å²) < 4.78 is 0. The van der Waals surface area contributed by atoms with Crippen molar-refractivity contribution in [2.75, 3.05) is 11.4 Å². The van der Waals surface area contributed by atoms with Gasteiger partial charge in [0.1, 0.15) is 5.56 Å². The largest absolute Gasteiger partial charge is 0.477 e. The van der Waals surface area contributed by atoms with Gasteiger partial charge in [-0.2, -0.15) is 0 Å². The number of aromatic carboxylic acids is 1. The van der Waals surface area contributed by atoms with Gasteiger partial charge >= 0.3 is 5.97 Å². The van der Waals surface area contributed by atoms with E-state index >= 15 is 0 Å². The van der Waals surface area contributed by atoms with Crippen LogP contribution in [0.1, 0.15) is 43.5 Å². The molecule has 6 heteroatoms. The van der Waals surface area contributed by atoms with Crippen molar-refractivity contribution >= 4 is 17.3 Å². The van der Waals surface area contributed by atoms with Crippen LogP contribution < -0.4 is 4.90 Å². The second-order valence-corrected chi connectivity index (χ2v) is 5.60. The molecule has 0 bridgehead atoms. The van der Waals surface area contributed by atoms with Gasteiger partial charge in [-0.05, 0) is 37.8 Å². The van der Waals surface area contributed by atoms with Crippen LogP contribution in [0.4, 0.5) is 11.4 Å². The van der Waals surface area contributed by atoms with Gasteiger partial charge in [-0.1, -0.05) is 13.3 Å². The first-order valence-corrected chi connectivity index (χ1v) is 7.22. The molecule has 1 fully saturated rings. The van der Waals surface area contributed by atoms with E-state index in [4.69, 9.17) is 5.11 Å². The quantitative estimate of drug-likeness (QED) is 0.680. The number of carboxylic acids is 1. The highest BCUT2D eigenvalue weighted by atomic mass is 16.6. The minimum atomic E-state index is -1.26. The van der Waals surface area contributed by atoms with Gasteiger partial charge < -0.3 is 10.0 Å². The maximum absolute atomic E-state index is 11.2. The van der Waals surface area contributed by atoms with E-state index in [0.717, 1.165) is 31.5 Å². The van der Waals surface area contributed by atoms with Crippen molar-refractivity contribution in [2.45, 2.75) is 39.2 Å². The summed E-state index contributed by atoms with van der Waals surface area (Å²) in [6.45, 7) is 5.15. The molecule has 1 heterocycles. The molecule has 114 valence electrons. The average molecular weight is 292 g/mol. The van der Waals surface area contributed by atoms with Crippen LogP contribution in [0.5, 0.6) is 0 Å². The molecule has 1 unspecified atom stereocenters. The summed E-state index contributed by atoms with van der Waals surface area (Å²) in [6.07, 6.45) is 3.29. The Morgan fingerprint density at radius 2 is 2.24 bits per heavy atom. The first kappa shape index (κ1) is 15.3. The predicted molar refractivity (Wildman–Crippen MR) is 79.9 cm³/mol. The summed E-state index contributed by atoms with van der Waals surface area (Å²) >= 11 is 0. The minimum Gasteiger partial charge on any atom is -0.477 e. The Labute approximate surface area is 123 Å². The molecule has 0 radical (unpaired) electrons. The molecule has 1 saturated heterocycles. The first-order chi connectivity index (χ1) is 9.93. The molecule has 2 rings (SSSR count). The highest BCUT2D eigenvalue weighted by molar-refractivity contribution is 5.93. The molecule has 21 heavy (non-hydrogen) atoms. The summed E-state index contributed by atoms with van der Waals surface area (Å²) in [5.41, 5.74) is 0.143. The second kappa shape index (κ2) is 6.11. The van der Waals surface area contributed by atoms with E-state index in [9.17, 15) is 14.9 Å². The number of carbonyl (C=O) groups is 1. The summed E-state index contributed by atoms with van der Waals surface area (Å²) in [4.78, 5) is 23.6. The van der Waals surface area contributed by atoms with E-state index in [2.05, 4.69) is 18.7 Å². The summed E-state index contributed by atoms with van der Waals surface area (Å²) in [5, 5.41) is 20.0. The number of nitro groups is 1. The van der Waals surface area contributed by atoms with E-state index in [1.807, 2.05) is 0 Å². The van der Waals surface area contributed by atoms with Gasteiger partial charge in [0.05, 0.1) is 4.92 Å². The van der Waals surface area contributed by atoms with Crippen molar-refractivity contribution in [3.8, 4) is 0 Å². The van der Waals surface area contributed by atoms with Crippen molar-refractivity contribution in [3.63, 3.8) is 0 Å². The fourth-order valence-electron chi connectivity index (χ4n) is 3.06. The van der Waals surface area contributed by atoms with E-state index < -0.39 is 10.9 Å². The molecule has 1 aliphatic rings. The molecule has 0 spiro atoms. The lowest BCUT2D eigenvalue weighted by atomic mass is 9.89. The first-order valence-electron chi connectivity index (χ1n) is 7.22. The van der Waals surface area contributed by atoms with E-state index in [1.165, 1.54) is 12.1 Å². The van der Waals surface area contributed by atoms with Gasteiger partial charge in [-0.15, -0.1) is 0 Å². The van der Waals surface area contributed by atoms with Gasteiger partial charge in [0, 0.05) is 24.3 Å². The summed E-state index contributed by atoms with van der Waals surface area (Å²) in [6, 6.07) is 4.67. The average Bonchev–Trinajstić information content (AvgIpc) is 2.46. The Hall–Kier alpha value is -2.11. The van der Waals surface area contributed by atoms with Crippen molar-refractivity contribution in [1.29, 1.82) is 0 Å². The Kier molecular flexibility index (Phi) is 4.45. The monoisotopic (exact) mass is 292 g/mol. The third kappa shape index (κ3) is 3.15. The van der Waals surface area contributed by atoms with Gasteiger partial charge in [0.25, 0.3) is 5.69 Å². The number of hydrogen-bond acceptors (Lipinski definition) is 4. The number of nitro benzene ring substituents is 1. The van der Waals surface area contributed by atoms with Crippen LogP contribution in [0.25, 0.3) is 0 Å². The van der Waals surface area contributed by atoms with Crippen LogP contribution >= 0.6 is 0 Å². The number of anilines is 1. The number of piperidine rings is 1. The molecular formula is C15H20N2O4. The molecule has 0 saturated carbocycles. The van der Waals surface area contributed by atoms with Crippen LogP contribution in [0.3, 0.4) is 0 Å². The van der Waals surface area contributed by atoms with Crippen molar-refractivity contribution in [2.24, 2.45) is 5.92 Å². The summed E-state index contributed by atoms with van der Waals surface area (Å²) in [5.74, 6) is -0.562. The molecule has 1 aromatic carbocycles. The fourth-order valence-corrected chi connectivity index (χ4v) is 3.06. The molecule has 2 atom stereocenters. The normalized spacial score (nSPS) is 22.1. The third-order valence-corrected chi connectivity index (χ3v) is 4.30. The Morgan fingerprint density at radius 3 is 2.76 bits per heavy atom. The van der Waals surface area contributed by atoms with E-state index in [0.29, 0.717) is 12.0 Å². The van der Waals surface area contributed by atoms with Crippen LogP contribution in [0, 0.1) is 16.0 Å². The Bertz CT molecular complexity index is 559.